The highest BCUT2D eigenvalue weighted by atomic mass is 32.2. The van der Waals surface area contributed by atoms with Gasteiger partial charge in [0, 0.05) is 87.3 Å². The summed E-state index contributed by atoms with van der Waals surface area (Å²) in [6.45, 7) is 8.93. The zero-order chi connectivity index (χ0) is 49.8. The number of nitrogens with zero attached hydrogens (tertiary/aromatic N) is 1. The van der Waals surface area contributed by atoms with Gasteiger partial charge in [0.25, 0.3) is 0 Å². The summed E-state index contributed by atoms with van der Waals surface area (Å²) in [4.78, 5) is 78.4. The summed E-state index contributed by atoms with van der Waals surface area (Å²) in [5, 5.41) is 21.0. The summed E-state index contributed by atoms with van der Waals surface area (Å²) < 4.78 is 22.8. The molecule has 1 aromatic heterocycles. The Hall–Kier alpha value is -5.24. The summed E-state index contributed by atoms with van der Waals surface area (Å²) in [6, 6.07) is 8.18. The molecule has 4 unspecified atom stereocenters. The molecular weight excluding hydrogens is 929 g/mol. The Bertz CT molecular complexity index is 2150. The van der Waals surface area contributed by atoms with E-state index in [9.17, 15) is 28.8 Å². The fourth-order valence-corrected chi connectivity index (χ4v) is 12.1. The van der Waals surface area contributed by atoms with E-state index in [1.807, 2.05) is 36.2 Å². The number of unbranched alkanes of at least 4 members (excludes halogenated alkanes) is 1. The van der Waals surface area contributed by atoms with Gasteiger partial charge in [-0.15, -0.1) is 0 Å². The lowest BCUT2D eigenvalue weighted by atomic mass is 9.72. The predicted octanol–water partition coefficient (Wildman–Crippen LogP) is 4.52. The third kappa shape index (κ3) is 16.1. The van der Waals surface area contributed by atoms with Crippen molar-refractivity contribution in [1.82, 2.24) is 36.9 Å². The number of hydrogen-bond donors (Lipinski definition) is 7. The highest BCUT2D eigenvalue weighted by Crippen LogP contribution is 2.55. The first-order chi connectivity index (χ1) is 34.7. The van der Waals surface area contributed by atoms with Gasteiger partial charge in [0.1, 0.15) is 5.75 Å². The second kappa shape index (κ2) is 28.1. The number of thioether (sulfide) groups is 1. The number of aromatic nitrogens is 1. The lowest BCUT2D eigenvalue weighted by molar-refractivity contribution is -0.128. The molecule has 4 heterocycles. The number of aryl methyl sites for hydroxylation is 1. The van der Waals surface area contributed by atoms with Crippen LogP contribution in [0.4, 0.5) is 10.5 Å². The number of fused-ring (bicyclic) bond motifs is 6. The number of nitrogens with one attached hydrogen (secondary N) is 7. The molecule has 19 heteroatoms. The number of carbonyl (C=O) groups excluding carboxylic acids is 6. The second-order valence-corrected chi connectivity index (χ2v) is 20.4. The van der Waals surface area contributed by atoms with E-state index in [0.717, 1.165) is 74.9 Å². The number of hydrogen-bond acceptors (Lipinski definition) is 12. The molecule has 3 aliphatic heterocycles. The number of amides is 7. The molecule has 388 valence electrons. The second-order valence-electron chi connectivity index (χ2n) is 19.1. The highest BCUT2D eigenvalue weighted by Gasteiger charge is 2.50. The minimum atomic E-state index is -0.364. The predicted molar refractivity (Wildman–Crippen MR) is 271 cm³/mol. The van der Waals surface area contributed by atoms with Crippen LogP contribution < -0.4 is 42.0 Å². The van der Waals surface area contributed by atoms with Crippen LogP contribution in [0.1, 0.15) is 101 Å². The van der Waals surface area contributed by atoms with Crippen LogP contribution in [-0.4, -0.2) is 136 Å². The van der Waals surface area contributed by atoms with E-state index in [2.05, 4.69) is 49.9 Å². The highest BCUT2D eigenvalue weighted by molar-refractivity contribution is 8.00. The molecule has 7 atom stereocenters. The van der Waals surface area contributed by atoms with Crippen molar-refractivity contribution in [1.29, 1.82) is 0 Å². The van der Waals surface area contributed by atoms with Gasteiger partial charge in [0.15, 0.2) is 0 Å². The third-order valence-electron chi connectivity index (χ3n) is 14.1. The summed E-state index contributed by atoms with van der Waals surface area (Å²) in [5.74, 6) is 2.38. The van der Waals surface area contributed by atoms with Crippen molar-refractivity contribution in [2.75, 3.05) is 83.5 Å². The largest absolute Gasteiger partial charge is 0.491 e. The van der Waals surface area contributed by atoms with Crippen LogP contribution in [0.3, 0.4) is 0 Å². The molecule has 2 aliphatic carbocycles. The van der Waals surface area contributed by atoms with E-state index in [1.165, 1.54) is 17.2 Å². The lowest BCUT2D eigenvalue weighted by Crippen LogP contribution is -2.41. The SMILES string of the molecule is C=CC(=O)Nc1cc(-c2cc3c(cn2)CCC2CC4C(=O)NCCC4C32)ccc1OCCCNC(=O)CCCC(=O)NCCCOCCOCCOCCCNC(=O)CCCC[C@@H]1SC[C@@H]2NC(=O)N[C@@H]21. The average molecular weight is 1000 g/mol. The van der Waals surface area contributed by atoms with Crippen LogP contribution in [0.15, 0.2) is 43.1 Å². The molecule has 7 amide bonds. The quantitative estimate of drug-likeness (QED) is 0.0314. The molecular formula is C52H74N8O10S. The Morgan fingerprint density at radius 2 is 1.46 bits per heavy atom. The van der Waals surface area contributed by atoms with E-state index in [0.29, 0.717) is 126 Å². The first-order valence-corrected chi connectivity index (χ1v) is 26.9. The Morgan fingerprint density at radius 3 is 2.17 bits per heavy atom. The molecule has 71 heavy (non-hydrogen) atoms. The standard InChI is InChI=1S/C52H74N8O10S/c1-2-45(61)58-41-30-34(40-31-38-36(32-57-40)14-13-35-29-39-37(49(35)38)17-21-56-51(39)65)15-16-43(41)70-24-8-20-55-48(64)12-5-11-47(63)54-19-7-23-68-26-28-69-27-25-67-22-6-18-53-46(62)10-4-3-9-44-50-42(33-71-44)59-52(66)60-50/h2,15-16,30-32,35,37,39,42,44,49-50H,1,3-14,17-29,33H2,(H,53,62)(H,54,63)(H,55,64)(H,56,65)(H,58,61)(H2,59,60,66)/t35?,37?,39?,42-,44-,49?,50-/m0/s1. The number of piperidine rings is 1. The topological polar surface area (TPSA) is 236 Å². The number of pyridine rings is 1. The average Bonchev–Trinajstić information content (AvgIpc) is 4.07. The zero-order valence-electron chi connectivity index (χ0n) is 41.0. The molecule has 5 aliphatic rings. The van der Waals surface area contributed by atoms with Crippen LogP contribution in [-0.2, 0) is 44.6 Å². The minimum Gasteiger partial charge on any atom is -0.491 e. The van der Waals surface area contributed by atoms with E-state index >= 15 is 0 Å². The monoisotopic (exact) mass is 1000 g/mol. The molecule has 1 saturated carbocycles. The van der Waals surface area contributed by atoms with Gasteiger partial charge in [-0.1, -0.05) is 13.0 Å². The fourth-order valence-electron chi connectivity index (χ4n) is 10.6. The maximum atomic E-state index is 12.7. The molecule has 4 fully saturated rings. The molecule has 1 aromatic carbocycles. The van der Waals surface area contributed by atoms with Gasteiger partial charge in [-0.3, -0.25) is 29.0 Å². The van der Waals surface area contributed by atoms with Crippen LogP contribution in [0, 0.1) is 17.8 Å². The molecule has 18 nitrogen and oxygen atoms in total. The van der Waals surface area contributed by atoms with Crippen molar-refractivity contribution in [3.8, 4) is 17.0 Å². The first kappa shape index (κ1) is 53.6. The van der Waals surface area contributed by atoms with Gasteiger partial charge in [-0.25, -0.2) is 4.79 Å². The number of carbonyl (C=O) groups is 6. The summed E-state index contributed by atoms with van der Waals surface area (Å²) in [5.41, 5.74) is 4.71. The molecule has 7 N–H and O–H groups in total. The summed E-state index contributed by atoms with van der Waals surface area (Å²) in [7, 11) is 0. The van der Waals surface area contributed by atoms with Crippen molar-refractivity contribution in [3.05, 3.63) is 54.2 Å². The van der Waals surface area contributed by atoms with Gasteiger partial charge < -0.3 is 56.2 Å². The molecule has 7 rings (SSSR count). The molecule has 3 saturated heterocycles. The summed E-state index contributed by atoms with van der Waals surface area (Å²) >= 11 is 1.90. The van der Waals surface area contributed by atoms with E-state index in [-0.39, 0.29) is 66.4 Å². The van der Waals surface area contributed by atoms with Gasteiger partial charge in [-0.05, 0) is 123 Å². The van der Waals surface area contributed by atoms with Crippen molar-refractivity contribution in [3.63, 3.8) is 0 Å². The molecule has 0 radical (unpaired) electrons. The number of urea groups is 1. The van der Waals surface area contributed by atoms with Crippen molar-refractivity contribution < 1.29 is 47.7 Å². The fraction of sp³-hybridized carbons (Fsp3) is 0.635. The smallest absolute Gasteiger partial charge is 0.315 e. The number of rotatable bonds is 31. The Morgan fingerprint density at radius 1 is 0.789 bits per heavy atom. The maximum absolute atomic E-state index is 12.7. The Labute approximate surface area is 421 Å². The maximum Gasteiger partial charge on any atom is 0.315 e. The van der Waals surface area contributed by atoms with E-state index < -0.39 is 0 Å². The van der Waals surface area contributed by atoms with Crippen LogP contribution >= 0.6 is 11.8 Å². The minimum absolute atomic E-state index is 0.0603. The van der Waals surface area contributed by atoms with E-state index in [4.69, 9.17) is 23.9 Å². The van der Waals surface area contributed by atoms with Crippen LogP contribution in [0.25, 0.3) is 11.3 Å². The molecule has 2 aromatic rings. The van der Waals surface area contributed by atoms with Crippen molar-refractivity contribution >= 4 is 53.0 Å². The molecule has 0 bridgehead atoms. The Kier molecular flexibility index (Phi) is 21.2. The first-order valence-electron chi connectivity index (χ1n) is 25.9. The van der Waals surface area contributed by atoms with Gasteiger partial charge in [-0.2, -0.15) is 11.8 Å². The number of benzene rings is 1. The Balaban J connectivity index is 0.657. The van der Waals surface area contributed by atoms with Crippen LogP contribution in [0.2, 0.25) is 0 Å². The lowest BCUT2D eigenvalue weighted by Gasteiger charge is -2.34. The number of anilines is 1. The van der Waals surface area contributed by atoms with Gasteiger partial charge in [0.05, 0.1) is 56.5 Å². The van der Waals surface area contributed by atoms with Gasteiger partial charge >= 0.3 is 6.03 Å². The van der Waals surface area contributed by atoms with E-state index in [1.54, 1.807) is 0 Å². The summed E-state index contributed by atoms with van der Waals surface area (Å²) in [6.07, 6.45) is 13.4. The van der Waals surface area contributed by atoms with Crippen LogP contribution in [0.5, 0.6) is 5.75 Å². The van der Waals surface area contributed by atoms with Gasteiger partial charge in [0.2, 0.25) is 29.5 Å². The van der Waals surface area contributed by atoms with Crippen molar-refractivity contribution in [2.24, 2.45) is 17.8 Å². The van der Waals surface area contributed by atoms with Crippen molar-refractivity contribution in [2.45, 2.75) is 113 Å². The molecule has 0 spiro atoms. The third-order valence-corrected chi connectivity index (χ3v) is 15.7. The number of ether oxygens (including phenoxy) is 4. The zero-order valence-corrected chi connectivity index (χ0v) is 41.9. The normalized spacial score (nSPS) is 22.7.